The summed E-state index contributed by atoms with van der Waals surface area (Å²) in [5.74, 6) is 7.28. The lowest BCUT2D eigenvalue weighted by Gasteiger charge is -2.26. The molecular weight excluding hydrogens is 412 g/mol. The number of carbonyl (C=O) groups is 1. The maximum Gasteiger partial charge on any atom is 0.255 e. The number of hydrogen-bond acceptors (Lipinski definition) is 5. The van der Waals surface area contributed by atoms with E-state index in [0.717, 1.165) is 43.6 Å². The molecule has 2 fully saturated rings. The van der Waals surface area contributed by atoms with Crippen LogP contribution in [0.1, 0.15) is 61.4 Å². The summed E-state index contributed by atoms with van der Waals surface area (Å²) in [5.41, 5.74) is 9.66. The molecule has 1 saturated heterocycles. The first kappa shape index (κ1) is 23.3. The van der Waals surface area contributed by atoms with Gasteiger partial charge in [-0.25, -0.2) is 4.98 Å². The van der Waals surface area contributed by atoms with Crippen molar-refractivity contribution in [2.24, 2.45) is 5.92 Å². The second-order valence-electron chi connectivity index (χ2n) is 9.46. The predicted octanol–water partition coefficient (Wildman–Crippen LogP) is 3.42. The molecule has 0 unspecified atom stereocenters. The molecule has 0 radical (unpaired) electrons. The zero-order valence-electron chi connectivity index (χ0n) is 19.6. The van der Waals surface area contributed by atoms with E-state index in [1.807, 2.05) is 13.0 Å². The van der Waals surface area contributed by atoms with Gasteiger partial charge in [0.2, 0.25) is 0 Å². The van der Waals surface area contributed by atoms with Crippen molar-refractivity contribution in [1.29, 1.82) is 0 Å². The molecular formula is C27H34N4O2. The van der Waals surface area contributed by atoms with Crippen LogP contribution in [0.15, 0.2) is 36.5 Å². The van der Waals surface area contributed by atoms with Gasteiger partial charge in [-0.15, -0.1) is 5.92 Å². The molecule has 1 amide bonds. The number of benzene rings is 1. The summed E-state index contributed by atoms with van der Waals surface area (Å²) in [6, 6.07) is 10.5. The van der Waals surface area contributed by atoms with Crippen LogP contribution in [0.5, 0.6) is 0 Å². The zero-order valence-corrected chi connectivity index (χ0v) is 19.6. The third kappa shape index (κ3) is 5.55. The molecule has 1 aromatic carbocycles. The molecule has 1 aliphatic heterocycles. The van der Waals surface area contributed by atoms with E-state index in [1.54, 1.807) is 6.20 Å². The van der Waals surface area contributed by atoms with Crippen LogP contribution in [0.25, 0.3) is 11.1 Å². The van der Waals surface area contributed by atoms with Gasteiger partial charge in [0.25, 0.3) is 5.91 Å². The summed E-state index contributed by atoms with van der Waals surface area (Å²) in [4.78, 5) is 19.6. The molecule has 1 aliphatic carbocycles. The molecule has 6 nitrogen and oxygen atoms in total. The summed E-state index contributed by atoms with van der Waals surface area (Å²) >= 11 is 0. The minimum Gasteiger partial charge on any atom is -0.393 e. The Kier molecular flexibility index (Phi) is 7.32. The fourth-order valence-corrected chi connectivity index (χ4v) is 5.04. The highest BCUT2D eigenvalue weighted by molar-refractivity contribution is 5.99. The summed E-state index contributed by atoms with van der Waals surface area (Å²) < 4.78 is 0. The van der Waals surface area contributed by atoms with E-state index in [1.165, 1.54) is 5.56 Å². The van der Waals surface area contributed by atoms with E-state index in [9.17, 15) is 9.90 Å². The van der Waals surface area contributed by atoms with Gasteiger partial charge in [-0.3, -0.25) is 9.69 Å². The molecule has 33 heavy (non-hydrogen) atoms. The first-order valence-corrected chi connectivity index (χ1v) is 11.9. The Morgan fingerprint density at radius 2 is 1.91 bits per heavy atom. The zero-order chi connectivity index (χ0) is 23.4. The topological polar surface area (TPSA) is 91.5 Å². The number of anilines is 1. The number of aromatic nitrogens is 1. The Bertz CT molecular complexity index is 1030. The van der Waals surface area contributed by atoms with Crippen LogP contribution in [0.2, 0.25) is 0 Å². The lowest BCUT2D eigenvalue weighted by molar-refractivity contribution is 0.0868. The summed E-state index contributed by atoms with van der Waals surface area (Å²) in [6.07, 6.45) is 4.47. The van der Waals surface area contributed by atoms with Gasteiger partial charge in [-0.05, 0) is 55.7 Å². The van der Waals surface area contributed by atoms with E-state index in [2.05, 4.69) is 58.2 Å². The molecule has 2 heterocycles. The molecule has 4 N–H and O–H groups in total. The number of nitrogens with zero attached hydrogens (tertiary/aromatic N) is 2. The van der Waals surface area contributed by atoms with Crippen LogP contribution < -0.4 is 11.1 Å². The second kappa shape index (κ2) is 10.4. The SMILES string of the molecule is CC#CCN1C[C@@H](C)[C@H](c2ccc(-c3cnc(N)c(C(=O)N[C@H]4CC[C@H](O)CC4)c3)cc2)C1. The highest BCUT2D eigenvalue weighted by Gasteiger charge is 2.30. The number of rotatable bonds is 5. The van der Waals surface area contributed by atoms with E-state index in [0.29, 0.717) is 30.2 Å². The van der Waals surface area contributed by atoms with Crippen LogP contribution >= 0.6 is 0 Å². The highest BCUT2D eigenvalue weighted by Crippen LogP contribution is 2.33. The number of carbonyl (C=O) groups excluding carboxylic acids is 1. The van der Waals surface area contributed by atoms with Crippen LogP contribution in [-0.2, 0) is 0 Å². The third-order valence-electron chi connectivity index (χ3n) is 7.03. The number of aliphatic hydroxyl groups is 1. The first-order valence-electron chi connectivity index (χ1n) is 11.9. The van der Waals surface area contributed by atoms with E-state index < -0.39 is 0 Å². The van der Waals surface area contributed by atoms with Gasteiger partial charge in [0.1, 0.15) is 5.82 Å². The van der Waals surface area contributed by atoms with Gasteiger partial charge >= 0.3 is 0 Å². The number of nitrogens with two attached hydrogens (primary N) is 1. The standard InChI is InChI=1S/C27H34N4O2/c1-3-4-13-31-16-18(2)25(17-31)20-7-5-19(6-8-20)21-14-24(26(28)29-15-21)27(33)30-22-9-11-23(32)12-10-22/h5-8,14-15,18,22-23,25,32H,9-13,16-17H2,1-2H3,(H2,28,29)(H,30,33)/t18-,22-,23-,25-/m1/s1. The van der Waals surface area contributed by atoms with E-state index in [-0.39, 0.29) is 23.9 Å². The molecule has 6 heteroatoms. The number of hydrogen-bond donors (Lipinski definition) is 3. The molecule has 1 saturated carbocycles. The average Bonchev–Trinajstić information content (AvgIpc) is 3.20. The minimum atomic E-state index is -0.253. The average molecular weight is 447 g/mol. The van der Waals surface area contributed by atoms with Crippen molar-refractivity contribution in [2.75, 3.05) is 25.4 Å². The van der Waals surface area contributed by atoms with Gasteiger partial charge < -0.3 is 16.2 Å². The normalized spacial score (nSPS) is 25.3. The smallest absolute Gasteiger partial charge is 0.255 e. The van der Waals surface area contributed by atoms with Crippen LogP contribution in [0.4, 0.5) is 5.82 Å². The van der Waals surface area contributed by atoms with Crippen molar-refractivity contribution in [2.45, 2.75) is 57.6 Å². The Hall–Kier alpha value is -2.88. The fraction of sp³-hybridized carbons (Fsp3) is 0.481. The van der Waals surface area contributed by atoms with Crippen molar-refractivity contribution >= 4 is 11.7 Å². The molecule has 2 atom stereocenters. The van der Waals surface area contributed by atoms with Crippen LogP contribution in [0.3, 0.4) is 0 Å². The molecule has 0 bridgehead atoms. The van der Waals surface area contributed by atoms with Gasteiger partial charge in [0, 0.05) is 36.8 Å². The number of nitrogens with one attached hydrogen (secondary N) is 1. The summed E-state index contributed by atoms with van der Waals surface area (Å²) in [5, 5.41) is 12.7. The maximum absolute atomic E-state index is 12.9. The van der Waals surface area contributed by atoms with Crippen molar-refractivity contribution in [1.82, 2.24) is 15.2 Å². The minimum absolute atomic E-state index is 0.0690. The van der Waals surface area contributed by atoms with Crippen molar-refractivity contribution < 1.29 is 9.90 Å². The molecule has 1 aromatic heterocycles. The molecule has 2 aromatic rings. The van der Waals surface area contributed by atoms with E-state index in [4.69, 9.17) is 5.73 Å². The molecule has 174 valence electrons. The highest BCUT2D eigenvalue weighted by atomic mass is 16.3. The maximum atomic E-state index is 12.9. The number of nitrogen functional groups attached to an aromatic ring is 1. The predicted molar refractivity (Wildman–Crippen MR) is 132 cm³/mol. The molecule has 0 spiro atoms. The van der Waals surface area contributed by atoms with Gasteiger partial charge in [-0.2, -0.15) is 0 Å². The largest absolute Gasteiger partial charge is 0.393 e. The monoisotopic (exact) mass is 446 g/mol. The van der Waals surface area contributed by atoms with Gasteiger partial charge in [0.05, 0.1) is 18.2 Å². The van der Waals surface area contributed by atoms with E-state index >= 15 is 0 Å². The number of amides is 1. The number of likely N-dealkylation sites (tertiary alicyclic amines) is 1. The van der Waals surface area contributed by atoms with Gasteiger partial charge in [-0.1, -0.05) is 37.1 Å². The quantitative estimate of drug-likeness (QED) is 0.612. The fourth-order valence-electron chi connectivity index (χ4n) is 5.04. The Morgan fingerprint density at radius 3 is 2.61 bits per heavy atom. The van der Waals surface area contributed by atoms with Crippen molar-refractivity contribution in [3.8, 4) is 23.0 Å². The summed E-state index contributed by atoms with van der Waals surface area (Å²) in [6.45, 7) is 7.12. The Morgan fingerprint density at radius 1 is 1.18 bits per heavy atom. The molecule has 2 aliphatic rings. The third-order valence-corrected chi connectivity index (χ3v) is 7.03. The lowest BCUT2D eigenvalue weighted by atomic mass is 9.89. The first-order chi connectivity index (χ1) is 15.9. The number of pyridine rings is 1. The lowest BCUT2D eigenvalue weighted by Crippen LogP contribution is -2.38. The van der Waals surface area contributed by atoms with Crippen LogP contribution in [0, 0.1) is 17.8 Å². The van der Waals surface area contributed by atoms with Crippen molar-refractivity contribution in [3.63, 3.8) is 0 Å². The van der Waals surface area contributed by atoms with Gasteiger partial charge in [0.15, 0.2) is 0 Å². The second-order valence-corrected chi connectivity index (χ2v) is 9.46. The number of aliphatic hydroxyl groups excluding tert-OH is 1. The Balaban J connectivity index is 1.46. The van der Waals surface area contributed by atoms with Crippen LogP contribution in [-0.4, -0.2) is 52.7 Å². The molecule has 4 rings (SSSR count). The summed E-state index contributed by atoms with van der Waals surface area (Å²) in [7, 11) is 0. The van der Waals surface area contributed by atoms with Crippen molar-refractivity contribution in [3.05, 3.63) is 47.7 Å². The Labute approximate surface area is 196 Å².